The lowest BCUT2D eigenvalue weighted by molar-refractivity contribution is -0.117. The van der Waals surface area contributed by atoms with E-state index in [-0.39, 0.29) is 17.9 Å². The number of nitrogens with one attached hydrogen (secondary N) is 3. The van der Waals surface area contributed by atoms with Crippen LogP contribution in [0.4, 0.5) is 0 Å². The molecule has 0 aliphatic carbocycles. The molecule has 7 heteroatoms. The van der Waals surface area contributed by atoms with Crippen molar-refractivity contribution in [2.75, 3.05) is 19.6 Å². The van der Waals surface area contributed by atoms with Gasteiger partial charge in [-0.1, -0.05) is 57.2 Å². The normalized spacial score (nSPS) is 11.7. The Labute approximate surface area is 190 Å². The van der Waals surface area contributed by atoms with E-state index in [1.165, 1.54) is 11.1 Å². The van der Waals surface area contributed by atoms with Crippen molar-refractivity contribution in [1.29, 1.82) is 0 Å². The van der Waals surface area contributed by atoms with Crippen LogP contribution < -0.4 is 21.7 Å². The Morgan fingerprint density at radius 2 is 1.53 bits per heavy atom. The monoisotopic (exact) mass is 437 g/mol. The van der Waals surface area contributed by atoms with Crippen molar-refractivity contribution in [2.45, 2.75) is 46.1 Å². The van der Waals surface area contributed by atoms with E-state index in [9.17, 15) is 9.59 Å². The molecule has 2 rings (SSSR count). The topological polar surface area (TPSA) is 109 Å². The van der Waals surface area contributed by atoms with Gasteiger partial charge in [-0.2, -0.15) is 0 Å². The molecule has 7 nitrogen and oxygen atoms in total. The van der Waals surface area contributed by atoms with E-state index >= 15 is 0 Å². The highest BCUT2D eigenvalue weighted by molar-refractivity contribution is 5.96. The number of aryl methyl sites for hydroxylation is 1. The van der Waals surface area contributed by atoms with Gasteiger partial charge >= 0.3 is 0 Å². The van der Waals surface area contributed by atoms with Gasteiger partial charge in [0.05, 0.1) is 13.1 Å². The first-order valence-corrected chi connectivity index (χ1v) is 11.0. The Balaban J connectivity index is 1.98. The summed E-state index contributed by atoms with van der Waals surface area (Å²) in [5.41, 5.74) is 9.06. The van der Waals surface area contributed by atoms with Gasteiger partial charge in [-0.3, -0.25) is 9.59 Å². The first-order chi connectivity index (χ1) is 15.2. The summed E-state index contributed by atoms with van der Waals surface area (Å²) in [5, 5.41) is 9.20. The molecule has 2 amide bonds. The summed E-state index contributed by atoms with van der Waals surface area (Å²) in [6.07, 6.45) is 1.04. The molecule has 0 saturated heterocycles. The van der Waals surface area contributed by atoms with Crippen LogP contribution in [-0.4, -0.2) is 37.4 Å². The number of nitrogens with zero attached hydrogens (tertiary/aromatic N) is 1. The average molecular weight is 438 g/mol. The lowest BCUT2D eigenvalue weighted by atomic mass is 9.84. The first-order valence-electron chi connectivity index (χ1n) is 11.0. The Kier molecular flexibility index (Phi) is 9.25. The minimum absolute atomic E-state index is 0.0532. The summed E-state index contributed by atoms with van der Waals surface area (Å²) in [6, 6.07) is 15.9. The summed E-state index contributed by atoms with van der Waals surface area (Å²) in [5.74, 6) is -0.161. The minimum atomic E-state index is -0.575. The fourth-order valence-corrected chi connectivity index (χ4v) is 3.14. The molecular formula is C25H35N5O2. The third kappa shape index (κ3) is 7.72. The highest BCUT2D eigenvalue weighted by Crippen LogP contribution is 2.22. The molecule has 5 N–H and O–H groups in total. The molecule has 0 radical (unpaired) electrons. The van der Waals surface area contributed by atoms with E-state index in [1.54, 1.807) is 12.1 Å². The minimum Gasteiger partial charge on any atom is -0.368 e. The van der Waals surface area contributed by atoms with Gasteiger partial charge in [0.25, 0.3) is 5.91 Å². The zero-order valence-electron chi connectivity index (χ0n) is 19.5. The summed E-state index contributed by atoms with van der Waals surface area (Å²) >= 11 is 0. The van der Waals surface area contributed by atoms with Crippen LogP contribution in [0.25, 0.3) is 0 Å². The molecule has 0 fully saturated rings. The number of benzene rings is 2. The molecule has 0 aliphatic heterocycles. The summed E-state index contributed by atoms with van der Waals surface area (Å²) in [7, 11) is 0. The van der Waals surface area contributed by atoms with Crippen molar-refractivity contribution < 1.29 is 9.59 Å². The maximum absolute atomic E-state index is 12.0. The molecular weight excluding hydrogens is 402 g/mol. The van der Waals surface area contributed by atoms with Crippen molar-refractivity contribution in [2.24, 2.45) is 10.7 Å². The predicted molar refractivity (Wildman–Crippen MR) is 130 cm³/mol. The number of aliphatic imine (C=N–C) groups is 1. The molecule has 2 aromatic rings. The Morgan fingerprint density at radius 1 is 0.906 bits per heavy atom. The van der Waals surface area contributed by atoms with Crippen LogP contribution in [0.5, 0.6) is 0 Å². The van der Waals surface area contributed by atoms with Crippen molar-refractivity contribution in [3.63, 3.8) is 0 Å². The molecule has 172 valence electrons. The van der Waals surface area contributed by atoms with Gasteiger partial charge in [-0.25, -0.2) is 4.99 Å². The van der Waals surface area contributed by atoms with E-state index in [0.29, 0.717) is 12.1 Å². The third-order valence-corrected chi connectivity index (χ3v) is 5.24. The average Bonchev–Trinajstić information content (AvgIpc) is 2.79. The second-order valence-electron chi connectivity index (χ2n) is 8.33. The van der Waals surface area contributed by atoms with Gasteiger partial charge in [0.2, 0.25) is 5.91 Å². The van der Waals surface area contributed by atoms with Crippen molar-refractivity contribution in [3.8, 4) is 0 Å². The highest BCUT2D eigenvalue weighted by Gasteiger charge is 2.20. The lowest BCUT2D eigenvalue weighted by Gasteiger charge is -2.27. The molecule has 2 aromatic carbocycles. The zero-order chi connectivity index (χ0) is 23.6. The van der Waals surface area contributed by atoms with Gasteiger partial charge in [0.15, 0.2) is 5.96 Å². The second kappa shape index (κ2) is 11.9. The fourth-order valence-electron chi connectivity index (χ4n) is 3.14. The lowest BCUT2D eigenvalue weighted by Crippen LogP contribution is -2.43. The molecule has 0 saturated carbocycles. The third-order valence-electron chi connectivity index (χ3n) is 5.24. The zero-order valence-corrected chi connectivity index (χ0v) is 19.5. The van der Waals surface area contributed by atoms with Gasteiger partial charge in [0, 0.05) is 24.1 Å². The first kappa shape index (κ1) is 24.9. The maximum atomic E-state index is 12.0. The van der Waals surface area contributed by atoms with Crippen LogP contribution in [0, 0.1) is 0 Å². The summed E-state index contributed by atoms with van der Waals surface area (Å²) in [4.78, 5) is 27.4. The Morgan fingerprint density at radius 3 is 2.09 bits per heavy atom. The fraction of sp³-hybridized carbons (Fsp3) is 0.400. The second-order valence-corrected chi connectivity index (χ2v) is 8.33. The largest absolute Gasteiger partial charge is 0.368 e. The highest BCUT2D eigenvalue weighted by atomic mass is 16.2. The summed E-state index contributed by atoms with van der Waals surface area (Å²) < 4.78 is 0. The number of guanidine groups is 1. The number of amides is 2. The quantitative estimate of drug-likeness (QED) is 0.338. The molecule has 32 heavy (non-hydrogen) atoms. The molecule has 0 unspecified atom stereocenters. The van der Waals surface area contributed by atoms with Crippen LogP contribution in [-0.2, 0) is 23.2 Å². The van der Waals surface area contributed by atoms with Crippen LogP contribution in [0.2, 0.25) is 0 Å². The van der Waals surface area contributed by atoms with E-state index in [4.69, 9.17) is 5.73 Å². The Bertz CT molecular complexity index is 918. The van der Waals surface area contributed by atoms with E-state index < -0.39 is 5.91 Å². The van der Waals surface area contributed by atoms with Crippen LogP contribution >= 0.6 is 0 Å². The number of rotatable bonds is 10. The van der Waals surface area contributed by atoms with Gasteiger partial charge in [-0.05, 0) is 42.2 Å². The smallest absolute Gasteiger partial charge is 0.251 e. The molecule has 0 atom stereocenters. The predicted octanol–water partition coefficient (Wildman–Crippen LogP) is 2.50. The molecule has 0 aliphatic rings. The molecule has 0 bridgehead atoms. The van der Waals surface area contributed by atoms with Crippen molar-refractivity contribution in [1.82, 2.24) is 16.0 Å². The van der Waals surface area contributed by atoms with E-state index in [2.05, 4.69) is 66.0 Å². The number of nitrogens with two attached hydrogens (primary N) is 1. The van der Waals surface area contributed by atoms with Crippen LogP contribution in [0.3, 0.4) is 0 Å². The van der Waals surface area contributed by atoms with Gasteiger partial charge in [-0.15, -0.1) is 0 Å². The number of primary amides is 1. The number of carbonyl (C=O) groups is 2. The standard InChI is InChI=1S/C25H35N5O2/c1-5-18-9-13-21(14-10-18)25(3,4)17-30-24(27-6-2)29-15-19-7-11-20(12-8-19)23(32)28-16-22(26)31/h7-14H,5-6,15-17H2,1-4H3,(H2,26,31)(H,28,32)(H2,27,29,30). The van der Waals surface area contributed by atoms with E-state index in [1.807, 2.05) is 19.1 Å². The SMILES string of the molecule is CCNC(=NCc1ccc(C(=O)NCC(N)=O)cc1)NCC(C)(C)c1ccc(CC)cc1. The molecule has 0 spiro atoms. The maximum Gasteiger partial charge on any atom is 0.251 e. The number of hydrogen-bond donors (Lipinski definition) is 4. The van der Waals surface area contributed by atoms with Crippen molar-refractivity contribution in [3.05, 3.63) is 70.8 Å². The number of carbonyl (C=O) groups excluding carboxylic acids is 2. The van der Waals surface area contributed by atoms with Crippen molar-refractivity contribution >= 4 is 17.8 Å². The van der Waals surface area contributed by atoms with Crippen LogP contribution in [0.15, 0.2) is 53.5 Å². The van der Waals surface area contributed by atoms with Crippen LogP contribution in [0.1, 0.15) is 54.7 Å². The number of hydrogen-bond acceptors (Lipinski definition) is 3. The molecule has 0 heterocycles. The summed E-state index contributed by atoms with van der Waals surface area (Å²) in [6.45, 7) is 10.4. The van der Waals surface area contributed by atoms with Gasteiger partial charge < -0.3 is 21.7 Å². The molecule has 0 aromatic heterocycles. The van der Waals surface area contributed by atoms with E-state index in [0.717, 1.165) is 31.0 Å². The van der Waals surface area contributed by atoms with Gasteiger partial charge in [0.1, 0.15) is 0 Å². The Hall–Kier alpha value is -3.35.